The second kappa shape index (κ2) is 13.0. The summed E-state index contributed by atoms with van der Waals surface area (Å²) in [5.41, 5.74) is -3.81. The molecule has 5 rings (SSSR count). The monoisotopic (exact) mass is 640 g/mol. The van der Waals surface area contributed by atoms with Crippen LogP contribution in [0.5, 0.6) is 17.2 Å². The molecule has 3 aliphatic rings. The van der Waals surface area contributed by atoms with Gasteiger partial charge in [0.1, 0.15) is 29.5 Å². The summed E-state index contributed by atoms with van der Waals surface area (Å²) >= 11 is 0. The van der Waals surface area contributed by atoms with Gasteiger partial charge < -0.3 is 44.5 Å². The van der Waals surface area contributed by atoms with Crippen LogP contribution in [-0.4, -0.2) is 118 Å². The van der Waals surface area contributed by atoms with Gasteiger partial charge in [-0.2, -0.15) is 5.26 Å². The van der Waals surface area contributed by atoms with E-state index in [0.717, 1.165) is 0 Å². The van der Waals surface area contributed by atoms with Crippen LogP contribution in [0.2, 0.25) is 0 Å². The lowest BCUT2D eigenvalue weighted by atomic mass is 9.72. The minimum Gasteiger partial charge on any atom is -0.507 e. The molecule has 14 nitrogen and oxygen atoms in total. The number of benzene rings is 2. The molecule has 46 heavy (non-hydrogen) atoms. The number of methoxy groups -OCH3 is 2. The van der Waals surface area contributed by atoms with Gasteiger partial charge in [0, 0.05) is 55.6 Å². The first-order chi connectivity index (χ1) is 21.9. The second-order valence-electron chi connectivity index (χ2n) is 11.7. The normalized spacial score (nSPS) is 27.0. The number of aliphatic hydroxyl groups excluding tert-OH is 2. The number of carbonyl (C=O) groups excluding carboxylic acids is 3. The van der Waals surface area contributed by atoms with Crippen LogP contribution in [0.4, 0.5) is 0 Å². The molecule has 2 aliphatic carbocycles. The first-order valence-electron chi connectivity index (χ1n) is 14.7. The van der Waals surface area contributed by atoms with Crippen molar-refractivity contribution in [2.24, 2.45) is 0 Å². The molecule has 4 unspecified atom stereocenters. The van der Waals surface area contributed by atoms with E-state index < -0.39 is 95.7 Å². The van der Waals surface area contributed by atoms with Gasteiger partial charge >= 0.3 is 0 Å². The van der Waals surface area contributed by atoms with E-state index in [-0.39, 0.29) is 47.6 Å². The lowest BCUT2D eigenvalue weighted by molar-refractivity contribution is -0.258. The summed E-state index contributed by atoms with van der Waals surface area (Å²) < 4.78 is 22.6. The SMILES string of the molecule is COCCN(CC#N)C1CC(O[C@H]2C[C@](O)(C(=O)CO)Cc3c(O)c4c(c(O)c32)C(=O)c2c(OC)cccc2C4=O)OC(C)C1O. The maximum absolute atomic E-state index is 13.8. The van der Waals surface area contributed by atoms with Gasteiger partial charge in [-0.3, -0.25) is 19.3 Å². The van der Waals surface area contributed by atoms with E-state index >= 15 is 0 Å². The number of nitrogens with zero attached hydrogens (tertiary/aromatic N) is 2. The molecule has 1 saturated heterocycles. The minimum atomic E-state index is -2.29. The van der Waals surface area contributed by atoms with Crippen LogP contribution in [-0.2, 0) is 25.4 Å². The largest absolute Gasteiger partial charge is 0.507 e. The Labute approximate surface area is 264 Å². The van der Waals surface area contributed by atoms with Crippen LogP contribution in [0.1, 0.15) is 68.8 Å². The molecule has 1 aliphatic heterocycles. The molecular formula is C32H36N2O12. The van der Waals surface area contributed by atoms with Crippen molar-refractivity contribution in [3.63, 3.8) is 0 Å². The second-order valence-corrected chi connectivity index (χ2v) is 11.7. The van der Waals surface area contributed by atoms with Gasteiger partial charge in [-0.1, -0.05) is 12.1 Å². The molecule has 0 bridgehead atoms. The zero-order chi connectivity index (χ0) is 33.5. The Morgan fingerprint density at radius 1 is 1.15 bits per heavy atom. The predicted molar refractivity (Wildman–Crippen MR) is 157 cm³/mol. The number of fused-ring (bicyclic) bond motifs is 3. The number of carbonyl (C=O) groups is 3. The molecule has 0 aromatic heterocycles. The highest BCUT2D eigenvalue weighted by Crippen LogP contribution is 2.52. The average molecular weight is 641 g/mol. The maximum Gasteiger partial charge on any atom is 0.202 e. The van der Waals surface area contributed by atoms with Gasteiger partial charge in [0.05, 0.1) is 61.3 Å². The molecule has 1 heterocycles. The molecule has 0 amide bonds. The number of Topliss-reactive ketones (excluding diaryl/α,β-unsaturated/α-hetero) is 1. The van der Waals surface area contributed by atoms with Crippen molar-refractivity contribution < 1.29 is 58.9 Å². The fraction of sp³-hybridized carbons (Fsp3) is 0.500. The fourth-order valence-electron chi connectivity index (χ4n) is 6.72. The zero-order valence-electron chi connectivity index (χ0n) is 25.6. The number of nitriles is 1. The summed E-state index contributed by atoms with van der Waals surface area (Å²) in [6, 6.07) is 5.78. The third kappa shape index (κ3) is 5.54. The highest BCUT2D eigenvalue weighted by atomic mass is 16.7. The average Bonchev–Trinajstić information content (AvgIpc) is 3.04. The molecule has 1 fully saturated rings. The highest BCUT2D eigenvalue weighted by Gasteiger charge is 2.50. The number of ketones is 3. The molecule has 0 spiro atoms. The Kier molecular flexibility index (Phi) is 9.48. The summed E-state index contributed by atoms with van der Waals surface area (Å²) in [5, 5.41) is 64.7. The van der Waals surface area contributed by atoms with E-state index in [1.165, 1.54) is 32.4 Å². The van der Waals surface area contributed by atoms with Crippen LogP contribution < -0.4 is 4.74 Å². The van der Waals surface area contributed by atoms with Crippen molar-refractivity contribution in [3.05, 3.63) is 51.6 Å². The van der Waals surface area contributed by atoms with Gasteiger partial charge in [-0.25, -0.2) is 0 Å². The number of phenols is 2. The molecule has 14 heteroatoms. The lowest BCUT2D eigenvalue weighted by Crippen LogP contribution is -2.56. The van der Waals surface area contributed by atoms with E-state index in [4.69, 9.17) is 18.9 Å². The highest BCUT2D eigenvalue weighted by molar-refractivity contribution is 6.31. The number of aromatic hydroxyl groups is 2. The number of hydrogen-bond donors (Lipinski definition) is 5. The van der Waals surface area contributed by atoms with Crippen molar-refractivity contribution in [2.75, 3.05) is 40.5 Å². The van der Waals surface area contributed by atoms with Gasteiger partial charge in [0.15, 0.2) is 17.9 Å². The summed E-state index contributed by atoms with van der Waals surface area (Å²) in [7, 11) is 2.82. The number of aliphatic hydroxyl groups is 3. The first kappa shape index (κ1) is 33.4. The topological polar surface area (TPSA) is 216 Å². The van der Waals surface area contributed by atoms with Crippen LogP contribution in [0.25, 0.3) is 0 Å². The van der Waals surface area contributed by atoms with Crippen molar-refractivity contribution >= 4 is 17.3 Å². The zero-order valence-corrected chi connectivity index (χ0v) is 25.6. The van der Waals surface area contributed by atoms with Gasteiger partial charge in [-0.05, 0) is 13.0 Å². The molecule has 2 aromatic carbocycles. The quantitative estimate of drug-likeness (QED) is 0.151. The van der Waals surface area contributed by atoms with E-state index in [2.05, 4.69) is 6.07 Å². The fourth-order valence-corrected chi connectivity index (χ4v) is 6.72. The third-order valence-corrected chi connectivity index (χ3v) is 9.06. The van der Waals surface area contributed by atoms with E-state index in [9.17, 15) is 45.2 Å². The Bertz CT molecular complexity index is 1600. The molecule has 6 atom stereocenters. The number of hydrogen-bond acceptors (Lipinski definition) is 14. The molecule has 246 valence electrons. The van der Waals surface area contributed by atoms with Crippen LogP contribution >= 0.6 is 0 Å². The molecule has 0 radical (unpaired) electrons. The lowest BCUT2D eigenvalue weighted by Gasteiger charge is -2.45. The molecular weight excluding hydrogens is 604 g/mol. The number of phenolic OH excluding ortho intramolecular Hbond substituents is 2. The first-order valence-corrected chi connectivity index (χ1v) is 14.7. The number of rotatable bonds is 10. The number of ether oxygens (including phenoxy) is 4. The summed E-state index contributed by atoms with van der Waals surface area (Å²) in [4.78, 5) is 42.0. The summed E-state index contributed by atoms with van der Waals surface area (Å²) in [6.07, 6.45) is -5.47. The van der Waals surface area contributed by atoms with Gasteiger partial charge in [-0.15, -0.1) is 0 Å². The van der Waals surface area contributed by atoms with Gasteiger partial charge in [0.2, 0.25) is 5.78 Å². The summed E-state index contributed by atoms with van der Waals surface area (Å²) in [6.45, 7) is 1.10. The van der Waals surface area contributed by atoms with Crippen LogP contribution in [0, 0.1) is 11.3 Å². The smallest absolute Gasteiger partial charge is 0.202 e. The molecule has 5 N–H and O–H groups in total. The Hall–Kier alpha value is -3.94. The summed E-state index contributed by atoms with van der Waals surface area (Å²) in [5.74, 6) is -3.90. The van der Waals surface area contributed by atoms with Crippen molar-refractivity contribution in [2.45, 2.75) is 62.4 Å². The Morgan fingerprint density at radius 3 is 2.52 bits per heavy atom. The van der Waals surface area contributed by atoms with Crippen LogP contribution in [0.15, 0.2) is 18.2 Å². The molecule has 2 aromatic rings. The predicted octanol–water partition coefficient (Wildman–Crippen LogP) is 0.515. The van der Waals surface area contributed by atoms with Crippen molar-refractivity contribution in [1.29, 1.82) is 5.26 Å². The van der Waals surface area contributed by atoms with E-state index in [0.29, 0.717) is 6.54 Å². The maximum atomic E-state index is 13.8. The van der Waals surface area contributed by atoms with Crippen molar-refractivity contribution in [3.8, 4) is 23.3 Å². The Morgan fingerprint density at radius 2 is 1.87 bits per heavy atom. The van der Waals surface area contributed by atoms with Gasteiger partial charge in [0.25, 0.3) is 0 Å². The van der Waals surface area contributed by atoms with E-state index in [1.54, 1.807) is 11.8 Å². The Balaban J connectivity index is 1.61. The minimum absolute atomic E-state index is 0.00871. The van der Waals surface area contributed by atoms with Crippen LogP contribution in [0.3, 0.4) is 0 Å². The standard InChI is InChI=1S/C32H36N2O12/c1-15-27(37)18(34(8-7-33)9-10-43-2)11-22(45-15)46-20-13-32(42,21(36)14-35)12-17-24(20)31(41)26-25(29(17)39)28(38)16-5-4-6-19(44-3)23(16)30(26)40/h4-6,15,18,20,22,27,35,37,39,41-42H,8-14H2,1-3H3/t15?,18?,20-,22?,27?,32-/m0/s1. The third-order valence-electron chi connectivity index (χ3n) is 9.06. The molecule has 0 saturated carbocycles. The van der Waals surface area contributed by atoms with Crippen molar-refractivity contribution in [1.82, 2.24) is 4.90 Å². The van der Waals surface area contributed by atoms with E-state index in [1.807, 2.05) is 0 Å².